The van der Waals surface area contributed by atoms with Gasteiger partial charge in [0.2, 0.25) is 0 Å². The molecule has 1 N–H and O–H groups in total. The molecule has 0 fully saturated rings. The summed E-state index contributed by atoms with van der Waals surface area (Å²) in [6.45, 7) is 6.70. The molecule has 0 bridgehead atoms. The number of hydrazone groups is 1. The zero-order chi connectivity index (χ0) is 22.5. The van der Waals surface area contributed by atoms with Crippen molar-refractivity contribution in [1.82, 2.24) is 14.6 Å². The van der Waals surface area contributed by atoms with Gasteiger partial charge in [0.15, 0.2) is 0 Å². The smallest absolute Gasteiger partial charge is 0.273 e. The zero-order valence-corrected chi connectivity index (χ0v) is 18.4. The highest BCUT2D eigenvalue weighted by molar-refractivity contribution is 5.98. The topological polar surface area (TPSA) is 60.5 Å². The van der Waals surface area contributed by atoms with Crippen LogP contribution in [0.2, 0.25) is 0 Å². The van der Waals surface area contributed by atoms with Crippen molar-refractivity contribution in [3.05, 3.63) is 102 Å². The number of hydrogen-bond acceptors (Lipinski definition) is 3. The van der Waals surface area contributed by atoms with Crippen LogP contribution in [0.3, 0.4) is 0 Å². The van der Waals surface area contributed by atoms with Crippen LogP contribution in [-0.4, -0.2) is 27.9 Å². The molecule has 6 heteroatoms. The fourth-order valence-corrected chi connectivity index (χ4v) is 3.78. The fourth-order valence-electron chi connectivity index (χ4n) is 3.78. The maximum absolute atomic E-state index is 12.8. The average Bonchev–Trinajstić information content (AvgIpc) is 3.43. The van der Waals surface area contributed by atoms with Crippen molar-refractivity contribution < 1.29 is 9.53 Å². The van der Waals surface area contributed by atoms with Crippen LogP contribution < -0.4 is 10.2 Å². The molecule has 0 saturated heterocycles. The molecule has 0 saturated carbocycles. The number of carbonyl (C=O) groups is 1. The van der Waals surface area contributed by atoms with E-state index in [-0.39, 0.29) is 5.91 Å². The van der Waals surface area contributed by atoms with E-state index in [1.54, 1.807) is 12.3 Å². The minimum Gasteiger partial charge on any atom is -0.494 e. The minimum absolute atomic E-state index is 0.258. The predicted octanol–water partition coefficient (Wildman–Crippen LogP) is 5.05. The molecule has 6 nitrogen and oxygen atoms in total. The maximum atomic E-state index is 12.8. The summed E-state index contributed by atoms with van der Waals surface area (Å²) in [7, 11) is 0. The van der Waals surface area contributed by atoms with Crippen LogP contribution in [0.1, 0.15) is 34.2 Å². The van der Waals surface area contributed by atoms with Crippen molar-refractivity contribution in [3.63, 3.8) is 0 Å². The van der Waals surface area contributed by atoms with E-state index in [0.717, 1.165) is 34.1 Å². The summed E-state index contributed by atoms with van der Waals surface area (Å²) in [6, 6.07) is 21.3. The minimum atomic E-state index is -0.258. The molecular formula is C26H26N4O2. The number of nitrogens with zero attached hydrogens (tertiary/aromatic N) is 3. The van der Waals surface area contributed by atoms with Gasteiger partial charge in [-0.2, -0.15) is 5.10 Å². The highest BCUT2D eigenvalue weighted by atomic mass is 16.5. The molecule has 0 atom stereocenters. The second kappa shape index (κ2) is 9.39. The van der Waals surface area contributed by atoms with Gasteiger partial charge in [0.25, 0.3) is 5.91 Å². The first-order valence-corrected chi connectivity index (χ1v) is 10.6. The molecular weight excluding hydrogens is 400 g/mol. The van der Waals surface area contributed by atoms with Crippen molar-refractivity contribution >= 4 is 12.1 Å². The van der Waals surface area contributed by atoms with Crippen molar-refractivity contribution in [3.8, 4) is 17.1 Å². The molecule has 0 spiro atoms. The molecule has 2 heterocycles. The molecule has 162 valence electrons. The number of carbonyl (C=O) groups excluding carboxylic acids is 1. The van der Waals surface area contributed by atoms with E-state index in [0.29, 0.717) is 12.2 Å². The van der Waals surface area contributed by atoms with Crippen molar-refractivity contribution in [2.45, 2.75) is 20.8 Å². The van der Waals surface area contributed by atoms with E-state index in [9.17, 15) is 4.79 Å². The van der Waals surface area contributed by atoms with Gasteiger partial charge in [0.05, 0.1) is 24.1 Å². The number of aromatic nitrogens is 2. The summed E-state index contributed by atoms with van der Waals surface area (Å²) in [5.74, 6) is 0.592. The van der Waals surface area contributed by atoms with Gasteiger partial charge in [-0.3, -0.25) is 4.79 Å². The monoisotopic (exact) mass is 426 g/mol. The summed E-state index contributed by atoms with van der Waals surface area (Å²) < 4.78 is 9.59. The zero-order valence-electron chi connectivity index (χ0n) is 18.4. The van der Waals surface area contributed by atoms with E-state index in [4.69, 9.17) is 4.74 Å². The lowest BCUT2D eigenvalue weighted by atomic mass is 10.1. The van der Waals surface area contributed by atoms with Crippen LogP contribution >= 0.6 is 0 Å². The number of benzene rings is 2. The first kappa shape index (κ1) is 21.2. The molecule has 0 radical (unpaired) electrons. The third-order valence-corrected chi connectivity index (χ3v) is 5.28. The van der Waals surface area contributed by atoms with E-state index in [1.165, 1.54) is 0 Å². The van der Waals surface area contributed by atoms with Gasteiger partial charge in [0, 0.05) is 35.0 Å². The van der Waals surface area contributed by atoms with Crippen molar-refractivity contribution in [2.75, 3.05) is 6.61 Å². The van der Waals surface area contributed by atoms with Crippen LogP contribution in [0, 0.1) is 13.8 Å². The summed E-state index contributed by atoms with van der Waals surface area (Å²) in [5, 5.41) is 4.22. The average molecular weight is 427 g/mol. The normalized spacial score (nSPS) is 11.1. The number of aryl methyl sites for hydroxylation is 1. The van der Waals surface area contributed by atoms with Crippen LogP contribution in [-0.2, 0) is 0 Å². The Morgan fingerprint density at radius 1 is 1.03 bits per heavy atom. The van der Waals surface area contributed by atoms with E-state index in [1.807, 2.05) is 92.3 Å². The number of rotatable bonds is 7. The van der Waals surface area contributed by atoms with Crippen molar-refractivity contribution in [2.24, 2.45) is 5.10 Å². The highest BCUT2D eigenvalue weighted by Crippen LogP contribution is 2.22. The first-order valence-electron chi connectivity index (χ1n) is 10.6. The Labute approximate surface area is 187 Å². The molecule has 4 rings (SSSR count). The van der Waals surface area contributed by atoms with Gasteiger partial charge >= 0.3 is 0 Å². The van der Waals surface area contributed by atoms with Crippen molar-refractivity contribution in [1.29, 1.82) is 0 Å². The van der Waals surface area contributed by atoms with Gasteiger partial charge in [-0.05, 0) is 75.4 Å². The molecule has 0 aliphatic rings. The molecule has 2 aromatic carbocycles. The Balaban J connectivity index is 1.52. The van der Waals surface area contributed by atoms with Gasteiger partial charge < -0.3 is 13.9 Å². The molecule has 0 aliphatic carbocycles. The molecule has 2 aromatic heterocycles. The Morgan fingerprint density at radius 3 is 2.47 bits per heavy atom. The lowest BCUT2D eigenvalue weighted by molar-refractivity contribution is 0.0955. The van der Waals surface area contributed by atoms with Crippen LogP contribution in [0.15, 0.2) is 84.2 Å². The Kier molecular flexibility index (Phi) is 6.22. The van der Waals surface area contributed by atoms with Gasteiger partial charge in [-0.15, -0.1) is 0 Å². The SMILES string of the molecule is CCOc1ccc(-n2c(C)cc(/C=N\NC(=O)c3ccccc3-n3cccc3)c2C)cc1. The van der Waals surface area contributed by atoms with Gasteiger partial charge in [-0.25, -0.2) is 5.43 Å². The van der Waals surface area contributed by atoms with E-state index < -0.39 is 0 Å². The quantitative estimate of drug-likeness (QED) is 0.332. The van der Waals surface area contributed by atoms with E-state index in [2.05, 4.69) is 21.2 Å². The Hall–Kier alpha value is -4.06. The number of ether oxygens (including phenoxy) is 1. The summed E-state index contributed by atoms with van der Waals surface area (Å²) in [6.07, 6.45) is 5.50. The summed E-state index contributed by atoms with van der Waals surface area (Å²) >= 11 is 0. The largest absolute Gasteiger partial charge is 0.494 e. The number of hydrogen-bond donors (Lipinski definition) is 1. The Morgan fingerprint density at radius 2 is 1.75 bits per heavy atom. The lowest BCUT2D eigenvalue weighted by Crippen LogP contribution is -2.19. The van der Waals surface area contributed by atoms with Crippen LogP contribution in [0.4, 0.5) is 0 Å². The number of amides is 1. The number of para-hydroxylation sites is 1. The summed E-state index contributed by atoms with van der Waals surface area (Å²) in [4.78, 5) is 12.8. The standard InChI is InChI=1S/C26H26N4O2/c1-4-32-23-13-11-22(12-14-23)30-19(2)17-21(20(30)3)18-27-28-26(31)24-9-5-6-10-25(24)29-15-7-8-16-29/h5-18H,4H2,1-3H3,(H,28,31)/b27-18-. The molecule has 1 amide bonds. The third kappa shape index (κ3) is 4.34. The maximum Gasteiger partial charge on any atom is 0.273 e. The number of nitrogens with one attached hydrogen (secondary N) is 1. The molecule has 32 heavy (non-hydrogen) atoms. The first-order chi connectivity index (χ1) is 15.6. The third-order valence-electron chi connectivity index (χ3n) is 5.28. The van der Waals surface area contributed by atoms with Crippen LogP contribution in [0.5, 0.6) is 5.75 Å². The second-order valence-electron chi connectivity index (χ2n) is 7.40. The van der Waals surface area contributed by atoms with Gasteiger partial charge in [0.1, 0.15) is 5.75 Å². The molecule has 0 unspecified atom stereocenters. The molecule has 0 aliphatic heterocycles. The molecule has 4 aromatic rings. The Bertz CT molecular complexity index is 1240. The second-order valence-corrected chi connectivity index (χ2v) is 7.40. The predicted molar refractivity (Wildman–Crippen MR) is 127 cm³/mol. The summed E-state index contributed by atoms with van der Waals surface area (Å²) in [5.41, 5.74) is 8.13. The van der Waals surface area contributed by atoms with Gasteiger partial charge in [-0.1, -0.05) is 12.1 Å². The highest BCUT2D eigenvalue weighted by Gasteiger charge is 2.12. The lowest BCUT2D eigenvalue weighted by Gasteiger charge is -2.11. The van der Waals surface area contributed by atoms with Crippen LogP contribution in [0.25, 0.3) is 11.4 Å². The fraction of sp³-hybridized carbons (Fsp3) is 0.154. The van der Waals surface area contributed by atoms with E-state index >= 15 is 0 Å².